The van der Waals surface area contributed by atoms with E-state index in [1.54, 1.807) is 6.92 Å². The van der Waals surface area contributed by atoms with Crippen molar-refractivity contribution >= 4 is 15.7 Å². The first-order valence-corrected chi connectivity index (χ1v) is 7.44. The molecule has 1 amide bonds. The maximum absolute atomic E-state index is 11.8. The molecule has 0 aromatic heterocycles. The van der Waals surface area contributed by atoms with E-state index in [-0.39, 0.29) is 24.7 Å². The van der Waals surface area contributed by atoms with E-state index >= 15 is 0 Å². The van der Waals surface area contributed by atoms with Gasteiger partial charge in [0.1, 0.15) is 0 Å². The molecular formula is C10H19NO5S. The van der Waals surface area contributed by atoms with Crippen LogP contribution in [0.1, 0.15) is 19.8 Å². The second-order valence-electron chi connectivity index (χ2n) is 4.54. The average Bonchev–Trinajstić information content (AvgIpc) is 2.67. The summed E-state index contributed by atoms with van der Waals surface area (Å²) in [7, 11) is -3.10. The lowest BCUT2D eigenvalue weighted by atomic mass is 9.96. The molecule has 0 radical (unpaired) electrons. The molecule has 1 saturated heterocycles. The van der Waals surface area contributed by atoms with E-state index in [2.05, 4.69) is 5.32 Å². The van der Waals surface area contributed by atoms with Crippen molar-refractivity contribution in [2.75, 3.05) is 24.7 Å². The van der Waals surface area contributed by atoms with Gasteiger partial charge in [-0.05, 0) is 12.8 Å². The Kier molecular flexibility index (Phi) is 4.51. The van der Waals surface area contributed by atoms with Gasteiger partial charge in [-0.15, -0.1) is 0 Å². The molecule has 1 aliphatic heterocycles. The second kappa shape index (κ2) is 5.32. The number of hydrogen-bond donors (Lipinski definition) is 3. The predicted octanol–water partition coefficient (Wildman–Crippen LogP) is -1.33. The molecule has 1 fully saturated rings. The van der Waals surface area contributed by atoms with Gasteiger partial charge in [-0.2, -0.15) is 0 Å². The highest BCUT2D eigenvalue weighted by Crippen LogP contribution is 2.20. The molecule has 1 aliphatic rings. The van der Waals surface area contributed by atoms with Crippen LogP contribution >= 0.6 is 0 Å². The Hall–Kier alpha value is -0.660. The van der Waals surface area contributed by atoms with Gasteiger partial charge in [0.25, 0.3) is 0 Å². The zero-order valence-corrected chi connectivity index (χ0v) is 10.7. The molecule has 1 atom stereocenters. The zero-order chi connectivity index (χ0) is 13.1. The average molecular weight is 265 g/mol. The van der Waals surface area contributed by atoms with Crippen LogP contribution in [0.5, 0.6) is 0 Å². The monoisotopic (exact) mass is 265 g/mol. The van der Waals surface area contributed by atoms with Gasteiger partial charge in [0.05, 0.1) is 36.2 Å². The summed E-state index contributed by atoms with van der Waals surface area (Å²) in [5.74, 6) is -1.09. The molecule has 0 aromatic rings. The van der Waals surface area contributed by atoms with Gasteiger partial charge in [-0.3, -0.25) is 4.79 Å². The molecule has 1 heterocycles. The first kappa shape index (κ1) is 14.4. The number of hydrogen-bond acceptors (Lipinski definition) is 5. The second-order valence-corrected chi connectivity index (χ2v) is 6.77. The topological polar surface area (TPSA) is 104 Å². The van der Waals surface area contributed by atoms with Crippen LogP contribution in [0.4, 0.5) is 0 Å². The summed E-state index contributed by atoms with van der Waals surface area (Å²) in [6.07, 6.45) is 0.691. The lowest BCUT2D eigenvalue weighted by molar-refractivity contribution is -0.127. The molecule has 17 heavy (non-hydrogen) atoms. The summed E-state index contributed by atoms with van der Waals surface area (Å²) in [5.41, 5.74) is -1.05. The van der Waals surface area contributed by atoms with E-state index in [0.29, 0.717) is 12.8 Å². The minimum atomic E-state index is -3.10. The lowest BCUT2D eigenvalue weighted by Crippen LogP contribution is -2.55. The summed E-state index contributed by atoms with van der Waals surface area (Å²) >= 11 is 0. The highest BCUT2D eigenvalue weighted by Gasteiger charge is 2.37. The van der Waals surface area contributed by atoms with Crippen LogP contribution in [0.25, 0.3) is 0 Å². The molecule has 0 aliphatic carbocycles. The van der Waals surface area contributed by atoms with E-state index in [1.807, 2.05) is 0 Å². The van der Waals surface area contributed by atoms with Gasteiger partial charge in [0.2, 0.25) is 5.91 Å². The lowest BCUT2D eigenvalue weighted by Gasteiger charge is -2.30. The standard InChI is InChI=1S/C10H19NO5S/c1-2-10(6-12,7-13)11-9(14)8-3-4-17(15,16)5-8/h8,12-13H,2-7H2,1H3,(H,11,14). The van der Waals surface area contributed by atoms with Crippen molar-refractivity contribution < 1.29 is 23.4 Å². The number of sulfone groups is 1. The molecule has 0 spiro atoms. The number of aliphatic hydroxyl groups is 2. The number of rotatable bonds is 5. The van der Waals surface area contributed by atoms with Crippen LogP contribution in [0, 0.1) is 5.92 Å². The Morgan fingerprint density at radius 1 is 1.41 bits per heavy atom. The number of carbonyl (C=O) groups excluding carboxylic acids is 1. The summed E-state index contributed by atoms with van der Waals surface area (Å²) in [4.78, 5) is 11.8. The number of carbonyl (C=O) groups is 1. The SMILES string of the molecule is CCC(CO)(CO)NC(=O)C1CCS(=O)(=O)C1. The summed E-state index contributed by atoms with van der Waals surface area (Å²) < 4.78 is 22.5. The van der Waals surface area contributed by atoms with Crippen LogP contribution in [0.3, 0.4) is 0 Å². The first-order valence-electron chi connectivity index (χ1n) is 5.62. The molecule has 0 bridgehead atoms. The van der Waals surface area contributed by atoms with Crippen LogP contribution in [0.2, 0.25) is 0 Å². The quantitative estimate of drug-likeness (QED) is 0.571. The molecule has 3 N–H and O–H groups in total. The molecule has 6 nitrogen and oxygen atoms in total. The molecule has 0 aromatic carbocycles. The third-order valence-corrected chi connectivity index (χ3v) is 5.04. The summed E-state index contributed by atoms with van der Waals surface area (Å²) in [6, 6.07) is 0. The van der Waals surface area contributed by atoms with E-state index in [1.165, 1.54) is 0 Å². The summed E-state index contributed by atoms with van der Waals surface area (Å²) in [6.45, 7) is 0.995. The van der Waals surface area contributed by atoms with Crippen LogP contribution in [-0.4, -0.2) is 54.8 Å². The van der Waals surface area contributed by atoms with Gasteiger partial charge < -0.3 is 15.5 Å². The van der Waals surface area contributed by atoms with E-state index in [0.717, 1.165) is 0 Å². The highest BCUT2D eigenvalue weighted by molar-refractivity contribution is 7.91. The van der Waals surface area contributed by atoms with Gasteiger partial charge in [-0.25, -0.2) is 8.42 Å². The van der Waals surface area contributed by atoms with Gasteiger partial charge in [-0.1, -0.05) is 6.92 Å². The third-order valence-electron chi connectivity index (χ3n) is 3.27. The van der Waals surface area contributed by atoms with E-state index in [4.69, 9.17) is 0 Å². The van der Waals surface area contributed by atoms with Crippen molar-refractivity contribution in [3.63, 3.8) is 0 Å². The Morgan fingerprint density at radius 3 is 2.35 bits per heavy atom. The van der Waals surface area contributed by atoms with Crippen molar-refractivity contribution in [1.82, 2.24) is 5.32 Å². The normalized spacial score (nSPS) is 23.6. The van der Waals surface area contributed by atoms with Crippen LogP contribution in [-0.2, 0) is 14.6 Å². The first-order chi connectivity index (χ1) is 7.88. The van der Waals surface area contributed by atoms with Gasteiger partial charge >= 0.3 is 0 Å². The van der Waals surface area contributed by atoms with Crippen LogP contribution < -0.4 is 5.32 Å². The fourth-order valence-electron chi connectivity index (χ4n) is 1.81. The number of nitrogens with one attached hydrogen (secondary N) is 1. The Balaban J connectivity index is 2.66. The van der Waals surface area contributed by atoms with E-state index in [9.17, 15) is 23.4 Å². The molecular weight excluding hydrogens is 246 g/mol. The number of amides is 1. The van der Waals surface area contributed by atoms with Gasteiger partial charge in [0.15, 0.2) is 9.84 Å². The minimum absolute atomic E-state index is 0.0302. The Labute approximate surface area is 101 Å². The van der Waals surface area contributed by atoms with Crippen molar-refractivity contribution in [2.45, 2.75) is 25.3 Å². The highest BCUT2D eigenvalue weighted by atomic mass is 32.2. The Morgan fingerprint density at radius 2 is 2.00 bits per heavy atom. The number of aliphatic hydroxyl groups excluding tert-OH is 2. The molecule has 1 rings (SSSR count). The van der Waals surface area contributed by atoms with Gasteiger partial charge in [0, 0.05) is 0 Å². The maximum Gasteiger partial charge on any atom is 0.224 e. The van der Waals surface area contributed by atoms with Crippen molar-refractivity contribution in [1.29, 1.82) is 0 Å². The minimum Gasteiger partial charge on any atom is -0.394 e. The molecule has 100 valence electrons. The fraction of sp³-hybridized carbons (Fsp3) is 0.900. The van der Waals surface area contributed by atoms with Crippen molar-refractivity contribution in [2.24, 2.45) is 5.92 Å². The third kappa shape index (κ3) is 3.40. The molecule has 1 unspecified atom stereocenters. The van der Waals surface area contributed by atoms with Crippen LogP contribution in [0.15, 0.2) is 0 Å². The van der Waals surface area contributed by atoms with Crippen molar-refractivity contribution in [3.05, 3.63) is 0 Å². The summed E-state index contributed by atoms with van der Waals surface area (Å²) in [5, 5.41) is 20.9. The van der Waals surface area contributed by atoms with E-state index < -0.39 is 27.2 Å². The predicted molar refractivity (Wildman–Crippen MR) is 62.1 cm³/mol. The fourth-order valence-corrected chi connectivity index (χ4v) is 3.55. The molecule has 7 heteroatoms. The smallest absolute Gasteiger partial charge is 0.224 e. The molecule has 0 saturated carbocycles. The maximum atomic E-state index is 11.8. The largest absolute Gasteiger partial charge is 0.394 e. The van der Waals surface area contributed by atoms with Crippen molar-refractivity contribution in [3.8, 4) is 0 Å². The zero-order valence-electron chi connectivity index (χ0n) is 9.85. The Bertz CT molecular complexity index is 366.